The molecular weight excluding hydrogens is 274 g/mol. The Kier molecular flexibility index (Phi) is 4.79. The Balaban J connectivity index is 1.96. The van der Waals surface area contributed by atoms with Gasteiger partial charge in [-0.05, 0) is 38.1 Å². The zero-order valence-electron chi connectivity index (χ0n) is 11.8. The molecule has 0 aliphatic rings. The predicted octanol–water partition coefficient (Wildman–Crippen LogP) is 2.50. The van der Waals surface area contributed by atoms with Gasteiger partial charge in [0.2, 0.25) is 0 Å². The summed E-state index contributed by atoms with van der Waals surface area (Å²) < 4.78 is 7.22. The van der Waals surface area contributed by atoms with Crippen molar-refractivity contribution in [2.45, 2.75) is 19.0 Å². The quantitative estimate of drug-likeness (QED) is 0.604. The lowest BCUT2D eigenvalue weighted by Crippen LogP contribution is -2.04. The summed E-state index contributed by atoms with van der Waals surface area (Å²) in [6.07, 6.45) is 0. The fraction of sp³-hybridized carbons (Fsp3) is 0.357. The third-order valence-electron chi connectivity index (χ3n) is 2.87. The SMILES string of the molecule is CCOc1ccc(C(=O)CSc2nnc(C)n2C)cc1. The number of thioether (sulfide) groups is 1. The van der Waals surface area contributed by atoms with Crippen molar-refractivity contribution in [2.24, 2.45) is 7.05 Å². The third-order valence-corrected chi connectivity index (χ3v) is 3.89. The van der Waals surface area contributed by atoms with Crippen LogP contribution in [0.2, 0.25) is 0 Å². The first kappa shape index (κ1) is 14.6. The van der Waals surface area contributed by atoms with Gasteiger partial charge in [-0.1, -0.05) is 11.8 Å². The Labute approximate surface area is 122 Å². The van der Waals surface area contributed by atoms with E-state index in [0.29, 0.717) is 17.9 Å². The van der Waals surface area contributed by atoms with Crippen molar-refractivity contribution >= 4 is 17.5 Å². The molecular formula is C14H17N3O2S. The molecule has 0 saturated heterocycles. The van der Waals surface area contributed by atoms with Gasteiger partial charge >= 0.3 is 0 Å². The van der Waals surface area contributed by atoms with E-state index in [2.05, 4.69) is 10.2 Å². The average molecular weight is 291 g/mol. The van der Waals surface area contributed by atoms with Gasteiger partial charge < -0.3 is 9.30 Å². The lowest BCUT2D eigenvalue weighted by atomic mass is 10.1. The molecule has 0 saturated carbocycles. The molecule has 0 spiro atoms. The lowest BCUT2D eigenvalue weighted by Gasteiger charge is -2.04. The second-order valence-corrected chi connectivity index (χ2v) is 5.20. The lowest BCUT2D eigenvalue weighted by molar-refractivity contribution is 0.102. The molecule has 1 aromatic heterocycles. The van der Waals surface area contributed by atoms with Crippen LogP contribution in [0.4, 0.5) is 0 Å². The van der Waals surface area contributed by atoms with E-state index in [1.165, 1.54) is 11.8 Å². The Morgan fingerprint density at radius 1 is 1.30 bits per heavy atom. The molecule has 0 N–H and O–H groups in total. The van der Waals surface area contributed by atoms with Gasteiger partial charge in [0.1, 0.15) is 11.6 Å². The molecule has 0 fully saturated rings. The number of nitrogens with zero attached hydrogens (tertiary/aromatic N) is 3. The van der Waals surface area contributed by atoms with Gasteiger partial charge in [-0.3, -0.25) is 4.79 Å². The predicted molar refractivity (Wildman–Crippen MR) is 78.4 cm³/mol. The number of hydrogen-bond acceptors (Lipinski definition) is 5. The van der Waals surface area contributed by atoms with E-state index in [-0.39, 0.29) is 5.78 Å². The van der Waals surface area contributed by atoms with Crippen LogP contribution in [0.1, 0.15) is 23.1 Å². The summed E-state index contributed by atoms with van der Waals surface area (Å²) in [5.74, 6) is 2.03. The highest BCUT2D eigenvalue weighted by molar-refractivity contribution is 7.99. The minimum atomic E-state index is 0.0682. The largest absolute Gasteiger partial charge is 0.494 e. The number of ether oxygens (including phenoxy) is 1. The standard InChI is InChI=1S/C14H17N3O2S/c1-4-19-12-7-5-11(6-8-12)13(18)9-20-14-16-15-10(2)17(14)3/h5-8H,4,9H2,1-3H3. The van der Waals surface area contributed by atoms with Crippen LogP contribution >= 0.6 is 11.8 Å². The Bertz CT molecular complexity index is 593. The number of ketones is 1. The molecule has 20 heavy (non-hydrogen) atoms. The van der Waals surface area contributed by atoms with Gasteiger partial charge in [0, 0.05) is 12.6 Å². The monoisotopic (exact) mass is 291 g/mol. The van der Waals surface area contributed by atoms with Crippen LogP contribution in [-0.2, 0) is 7.05 Å². The molecule has 1 aromatic carbocycles. The number of aryl methyl sites for hydroxylation is 1. The van der Waals surface area contributed by atoms with Crippen LogP contribution in [-0.4, -0.2) is 32.9 Å². The minimum absolute atomic E-state index is 0.0682. The van der Waals surface area contributed by atoms with E-state index < -0.39 is 0 Å². The van der Waals surface area contributed by atoms with E-state index in [1.54, 1.807) is 12.1 Å². The molecule has 106 valence electrons. The summed E-state index contributed by atoms with van der Waals surface area (Å²) >= 11 is 1.39. The molecule has 0 aliphatic heterocycles. The van der Waals surface area contributed by atoms with Gasteiger partial charge in [-0.2, -0.15) is 0 Å². The summed E-state index contributed by atoms with van der Waals surface area (Å²) in [5, 5.41) is 8.74. The van der Waals surface area contributed by atoms with E-state index in [9.17, 15) is 4.79 Å². The zero-order valence-corrected chi connectivity index (χ0v) is 12.6. The molecule has 6 heteroatoms. The van der Waals surface area contributed by atoms with Gasteiger partial charge in [-0.15, -0.1) is 10.2 Å². The topological polar surface area (TPSA) is 57.0 Å². The van der Waals surface area contributed by atoms with E-state index in [1.807, 2.05) is 37.6 Å². The van der Waals surface area contributed by atoms with Crippen molar-refractivity contribution in [1.82, 2.24) is 14.8 Å². The van der Waals surface area contributed by atoms with Crippen molar-refractivity contribution in [3.63, 3.8) is 0 Å². The molecule has 0 radical (unpaired) electrons. The minimum Gasteiger partial charge on any atom is -0.494 e. The van der Waals surface area contributed by atoms with Gasteiger partial charge in [0.05, 0.1) is 12.4 Å². The highest BCUT2D eigenvalue weighted by Gasteiger charge is 2.10. The van der Waals surface area contributed by atoms with E-state index in [4.69, 9.17) is 4.74 Å². The van der Waals surface area contributed by atoms with Crippen LogP contribution in [0, 0.1) is 6.92 Å². The van der Waals surface area contributed by atoms with Crippen LogP contribution < -0.4 is 4.74 Å². The fourth-order valence-corrected chi connectivity index (χ4v) is 2.48. The second-order valence-electron chi connectivity index (χ2n) is 4.26. The molecule has 5 nitrogen and oxygen atoms in total. The Hall–Kier alpha value is -1.82. The maximum absolute atomic E-state index is 12.1. The number of carbonyl (C=O) groups is 1. The molecule has 0 unspecified atom stereocenters. The number of carbonyl (C=O) groups excluding carboxylic acids is 1. The molecule has 0 amide bonds. The third kappa shape index (κ3) is 3.39. The van der Waals surface area contributed by atoms with Crippen LogP contribution in [0.25, 0.3) is 0 Å². The summed E-state index contributed by atoms with van der Waals surface area (Å²) in [4.78, 5) is 12.1. The van der Waals surface area contributed by atoms with Crippen molar-refractivity contribution in [1.29, 1.82) is 0 Å². The highest BCUT2D eigenvalue weighted by atomic mass is 32.2. The summed E-state index contributed by atoms with van der Waals surface area (Å²) in [6, 6.07) is 7.20. The molecule has 0 atom stereocenters. The molecule has 0 aliphatic carbocycles. The number of rotatable bonds is 6. The molecule has 2 rings (SSSR count). The highest BCUT2D eigenvalue weighted by Crippen LogP contribution is 2.18. The first-order chi connectivity index (χ1) is 9.61. The van der Waals surface area contributed by atoms with Gasteiger partial charge in [-0.25, -0.2) is 0 Å². The maximum Gasteiger partial charge on any atom is 0.191 e. The van der Waals surface area contributed by atoms with Crippen molar-refractivity contribution < 1.29 is 9.53 Å². The Morgan fingerprint density at radius 3 is 2.55 bits per heavy atom. The first-order valence-electron chi connectivity index (χ1n) is 6.36. The molecule has 1 heterocycles. The molecule has 0 bridgehead atoms. The second kappa shape index (κ2) is 6.56. The average Bonchev–Trinajstić information content (AvgIpc) is 2.77. The maximum atomic E-state index is 12.1. The first-order valence-corrected chi connectivity index (χ1v) is 7.35. The number of hydrogen-bond donors (Lipinski definition) is 0. The Morgan fingerprint density at radius 2 is 2.00 bits per heavy atom. The van der Waals surface area contributed by atoms with E-state index >= 15 is 0 Å². The molecule has 2 aromatic rings. The van der Waals surface area contributed by atoms with Gasteiger partial charge in [0.15, 0.2) is 10.9 Å². The number of Topliss-reactive ketones (excluding diaryl/α,β-unsaturated/α-hetero) is 1. The van der Waals surface area contributed by atoms with Crippen LogP contribution in [0.5, 0.6) is 5.75 Å². The number of aromatic nitrogens is 3. The normalized spacial score (nSPS) is 10.6. The van der Waals surface area contributed by atoms with Crippen molar-refractivity contribution in [2.75, 3.05) is 12.4 Å². The fourth-order valence-electron chi connectivity index (χ4n) is 1.63. The summed E-state index contributed by atoms with van der Waals surface area (Å²) in [5.41, 5.74) is 0.680. The van der Waals surface area contributed by atoms with Crippen molar-refractivity contribution in [3.05, 3.63) is 35.7 Å². The summed E-state index contributed by atoms with van der Waals surface area (Å²) in [6.45, 7) is 4.43. The van der Waals surface area contributed by atoms with E-state index in [0.717, 1.165) is 16.7 Å². The van der Waals surface area contributed by atoms with Crippen LogP contribution in [0.3, 0.4) is 0 Å². The number of benzene rings is 1. The van der Waals surface area contributed by atoms with Crippen LogP contribution in [0.15, 0.2) is 29.4 Å². The smallest absolute Gasteiger partial charge is 0.191 e. The zero-order chi connectivity index (χ0) is 14.5. The van der Waals surface area contributed by atoms with Crippen molar-refractivity contribution in [3.8, 4) is 5.75 Å². The summed E-state index contributed by atoms with van der Waals surface area (Å²) in [7, 11) is 1.89. The van der Waals surface area contributed by atoms with Gasteiger partial charge in [0.25, 0.3) is 0 Å².